The first-order chi connectivity index (χ1) is 6.77. The third-order valence-electron chi connectivity index (χ3n) is 1.55. The minimum absolute atomic E-state index is 0.399. The Morgan fingerprint density at radius 1 is 1.50 bits per heavy atom. The molecule has 0 aliphatic heterocycles. The monoisotopic (exact) mass is 254 g/mol. The van der Waals surface area contributed by atoms with Crippen molar-refractivity contribution in [2.75, 3.05) is 7.11 Å². The smallest absolute Gasteiger partial charge is 0.124 e. The van der Waals surface area contributed by atoms with Crippen LogP contribution in [0.1, 0.15) is 5.56 Å². The fraction of sp³-hybridized carbons (Fsp3) is 0.182. The Bertz CT molecular complexity index is 318. The van der Waals surface area contributed by atoms with Gasteiger partial charge in [0.05, 0.1) is 7.11 Å². The van der Waals surface area contributed by atoms with E-state index in [1.54, 1.807) is 7.11 Å². The maximum absolute atomic E-state index is 10.3. The molecule has 0 amide bonds. The highest BCUT2D eigenvalue weighted by Gasteiger charge is 2.01. The average Bonchev–Trinajstić information content (AvgIpc) is 2.24. The van der Waals surface area contributed by atoms with E-state index in [4.69, 9.17) is 4.74 Å². The van der Waals surface area contributed by atoms with Crippen molar-refractivity contribution < 1.29 is 9.53 Å². The predicted molar refractivity (Wildman–Crippen MR) is 60.4 cm³/mol. The number of aldehydes is 1. The summed E-state index contributed by atoms with van der Waals surface area (Å²) in [5, 5.41) is 0. The standard InChI is InChI=1S/C9H9BrO2.C2H2/c1-12-9-6-8(10)3-2-7(9)4-5-11;1-2/h2-3,5-6H,4H2,1H3;1-2H. The number of halogens is 1. The van der Waals surface area contributed by atoms with Crippen LogP contribution in [0.3, 0.4) is 0 Å². The largest absolute Gasteiger partial charge is 0.496 e. The maximum Gasteiger partial charge on any atom is 0.124 e. The van der Waals surface area contributed by atoms with Crippen LogP contribution in [0.4, 0.5) is 0 Å². The molecule has 1 rings (SSSR count). The second-order valence-corrected chi connectivity index (χ2v) is 3.24. The molecule has 0 saturated carbocycles. The van der Waals surface area contributed by atoms with Gasteiger partial charge in [-0.1, -0.05) is 22.0 Å². The molecule has 3 heteroatoms. The van der Waals surface area contributed by atoms with Gasteiger partial charge in [0.25, 0.3) is 0 Å². The predicted octanol–water partition coefficient (Wildman–Crippen LogP) is 2.45. The molecule has 0 saturated heterocycles. The number of carbonyl (C=O) groups is 1. The Balaban J connectivity index is 0.000000791. The Kier molecular flexibility index (Phi) is 6.51. The van der Waals surface area contributed by atoms with Crippen molar-refractivity contribution in [2.24, 2.45) is 0 Å². The molecular formula is C11H11BrO2. The highest BCUT2D eigenvalue weighted by Crippen LogP contribution is 2.23. The zero-order chi connectivity index (χ0) is 11.0. The van der Waals surface area contributed by atoms with Crippen molar-refractivity contribution in [3.05, 3.63) is 28.2 Å². The lowest BCUT2D eigenvalue weighted by Gasteiger charge is -2.05. The van der Waals surface area contributed by atoms with Gasteiger partial charge in [-0.2, -0.15) is 0 Å². The van der Waals surface area contributed by atoms with Gasteiger partial charge in [-0.15, -0.1) is 12.8 Å². The number of benzene rings is 1. The van der Waals surface area contributed by atoms with Gasteiger partial charge in [-0.25, -0.2) is 0 Å². The third kappa shape index (κ3) is 3.63. The van der Waals surface area contributed by atoms with E-state index in [1.165, 1.54) is 0 Å². The van der Waals surface area contributed by atoms with Crippen molar-refractivity contribution >= 4 is 22.2 Å². The van der Waals surface area contributed by atoms with Gasteiger partial charge >= 0.3 is 0 Å². The molecule has 2 nitrogen and oxygen atoms in total. The summed E-state index contributed by atoms with van der Waals surface area (Å²) in [5.41, 5.74) is 0.913. The minimum Gasteiger partial charge on any atom is -0.496 e. The molecule has 1 aromatic rings. The molecule has 0 unspecified atom stereocenters. The summed E-state index contributed by atoms with van der Waals surface area (Å²) in [7, 11) is 1.59. The number of terminal acetylenes is 1. The van der Waals surface area contributed by atoms with Crippen LogP contribution >= 0.6 is 15.9 Å². The summed E-state index contributed by atoms with van der Waals surface area (Å²) >= 11 is 3.32. The van der Waals surface area contributed by atoms with Gasteiger partial charge < -0.3 is 9.53 Å². The van der Waals surface area contributed by atoms with Gasteiger partial charge in [-0.05, 0) is 12.1 Å². The molecule has 0 bridgehead atoms. The molecule has 0 aliphatic rings. The second kappa shape index (κ2) is 7.16. The van der Waals surface area contributed by atoms with E-state index >= 15 is 0 Å². The third-order valence-corrected chi connectivity index (χ3v) is 2.05. The quantitative estimate of drug-likeness (QED) is 0.612. The number of hydrogen-bond acceptors (Lipinski definition) is 2. The average molecular weight is 255 g/mol. The molecule has 1 aromatic carbocycles. The minimum atomic E-state index is 0.399. The molecule has 14 heavy (non-hydrogen) atoms. The van der Waals surface area contributed by atoms with E-state index in [9.17, 15) is 4.79 Å². The highest BCUT2D eigenvalue weighted by molar-refractivity contribution is 9.10. The summed E-state index contributed by atoms with van der Waals surface area (Å²) < 4.78 is 6.04. The van der Waals surface area contributed by atoms with Crippen molar-refractivity contribution in [1.29, 1.82) is 0 Å². The Morgan fingerprint density at radius 2 is 2.14 bits per heavy atom. The molecule has 0 spiro atoms. The summed E-state index contributed by atoms with van der Waals surface area (Å²) in [6.07, 6.45) is 9.27. The topological polar surface area (TPSA) is 26.3 Å². The lowest BCUT2D eigenvalue weighted by molar-refractivity contribution is -0.107. The van der Waals surface area contributed by atoms with Gasteiger partial charge in [0, 0.05) is 16.5 Å². The molecule has 0 aromatic heterocycles. The molecule has 0 N–H and O–H groups in total. The van der Waals surface area contributed by atoms with Crippen LogP contribution in [0.25, 0.3) is 0 Å². The number of rotatable bonds is 3. The first kappa shape index (κ1) is 12.7. The Labute approximate surface area is 92.4 Å². The molecule has 0 aliphatic carbocycles. The Morgan fingerprint density at radius 3 is 2.64 bits per heavy atom. The van der Waals surface area contributed by atoms with E-state index in [-0.39, 0.29) is 0 Å². The van der Waals surface area contributed by atoms with E-state index in [0.29, 0.717) is 6.42 Å². The maximum atomic E-state index is 10.3. The fourth-order valence-corrected chi connectivity index (χ4v) is 1.32. The number of hydrogen-bond donors (Lipinski definition) is 0. The number of carbonyl (C=O) groups excluding carboxylic acids is 1. The van der Waals surface area contributed by atoms with Crippen molar-refractivity contribution in [1.82, 2.24) is 0 Å². The van der Waals surface area contributed by atoms with E-state index in [2.05, 4.69) is 28.8 Å². The summed E-state index contributed by atoms with van der Waals surface area (Å²) in [5.74, 6) is 0.747. The fourth-order valence-electron chi connectivity index (χ4n) is 0.977. The number of ether oxygens (including phenoxy) is 1. The molecule has 0 radical (unpaired) electrons. The van der Waals surface area contributed by atoms with Crippen molar-refractivity contribution in [3.8, 4) is 18.6 Å². The number of methoxy groups -OCH3 is 1. The van der Waals surface area contributed by atoms with Crippen LogP contribution in [0.15, 0.2) is 22.7 Å². The zero-order valence-electron chi connectivity index (χ0n) is 7.87. The summed E-state index contributed by atoms with van der Waals surface area (Å²) in [4.78, 5) is 10.3. The first-order valence-corrected chi connectivity index (χ1v) is 4.66. The first-order valence-electron chi connectivity index (χ1n) is 3.87. The molecular weight excluding hydrogens is 244 g/mol. The lowest BCUT2D eigenvalue weighted by Crippen LogP contribution is -1.92. The van der Waals surface area contributed by atoms with E-state index < -0.39 is 0 Å². The van der Waals surface area contributed by atoms with E-state index in [0.717, 1.165) is 22.1 Å². The molecule has 0 heterocycles. The van der Waals surface area contributed by atoms with Crippen LogP contribution in [0, 0.1) is 12.8 Å². The Hall–Kier alpha value is -1.27. The molecule has 0 fully saturated rings. The van der Waals surface area contributed by atoms with Crippen LogP contribution in [-0.2, 0) is 11.2 Å². The lowest BCUT2D eigenvalue weighted by atomic mass is 10.1. The SMILES string of the molecule is C#C.COc1cc(Br)ccc1CC=O. The second-order valence-electron chi connectivity index (χ2n) is 2.33. The summed E-state index contributed by atoms with van der Waals surface area (Å²) in [6.45, 7) is 0. The van der Waals surface area contributed by atoms with Crippen LogP contribution in [-0.4, -0.2) is 13.4 Å². The van der Waals surface area contributed by atoms with E-state index in [1.807, 2.05) is 18.2 Å². The van der Waals surface area contributed by atoms with Gasteiger partial charge in [0.2, 0.25) is 0 Å². The van der Waals surface area contributed by atoms with Crippen molar-refractivity contribution in [3.63, 3.8) is 0 Å². The van der Waals surface area contributed by atoms with Gasteiger partial charge in [0.15, 0.2) is 0 Å². The summed E-state index contributed by atoms with van der Waals surface area (Å²) in [6, 6.07) is 5.61. The molecule has 74 valence electrons. The van der Waals surface area contributed by atoms with Gasteiger partial charge in [0.1, 0.15) is 12.0 Å². The zero-order valence-corrected chi connectivity index (χ0v) is 9.45. The van der Waals surface area contributed by atoms with Crippen LogP contribution in [0.2, 0.25) is 0 Å². The van der Waals surface area contributed by atoms with Gasteiger partial charge in [-0.3, -0.25) is 0 Å². The highest BCUT2D eigenvalue weighted by atomic mass is 79.9. The van der Waals surface area contributed by atoms with Crippen LogP contribution < -0.4 is 4.74 Å². The normalized spacial score (nSPS) is 8.29. The van der Waals surface area contributed by atoms with Crippen LogP contribution in [0.5, 0.6) is 5.75 Å². The molecule has 0 atom stereocenters. The van der Waals surface area contributed by atoms with Crippen molar-refractivity contribution in [2.45, 2.75) is 6.42 Å².